The van der Waals surface area contributed by atoms with Crippen LogP contribution in [0.5, 0.6) is 11.6 Å². The zero-order valence-electron chi connectivity index (χ0n) is 15.8. The van der Waals surface area contributed by atoms with E-state index < -0.39 is 0 Å². The number of fused-ring (bicyclic) bond motifs is 1. The normalized spacial score (nSPS) is 10.9. The molecule has 3 heterocycles. The Morgan fingerprint density at radius 3 is 2.80 bits per heavy atom. The van der Waals surface area contributed by atoms with Crippen molar-refractivity contribution in [3.8, 4) is 11.6 Å². The number of H-pyrrole nitrogens is 1. The Morgan fingerprint density at radius 2 is 2.00 bits per heavy atom. The lowest BCUT2D eigenvalue weighted by atomic mass is 10.3. The summed E-state index contributed by atoms with van der Waals surface area (Å²) in [5.41, 5.74) is 2.12. The van der Waals surface area contributed by atoms with Gasteiger partial charge in [0.15, 0.2) is 5.65 Å². The highest BCUT2D eigenvalue weighted by Crippen LogP contribution is 2.33. The average Bonchev–Trinajstić information content (AvgIpc) is 3.18. The van der Waals surface area contributed by atoms with Gasteiger partial charge in [0.25, 0.3) is 0 Å². The van der Waals surface area contributed by atoms with Crippen LogP contribution in [0, 0.1) is 0 Å². The Bertz CT molecular complexity index is 1120. The minimum absolute atomic E-state index is 0.331. The third-order valence-electron chi connectivity index (χ3n) is 4.14. The Hall–Kier alpha value is -3.10. The second kappa shape index (κ2) is 9.60. The van der Waals surface area contributed by atoms with E-state index in [1.165, 1.54) is 6.33 Å². The van der Waals surface area contributed by atoms with Crippen molar-refractivity contribution < 1.29 is 9.47 Å². The van der Waals surface area contributed by atoms with Crippen molar-refractivity contribution >= 4 is 45.7 Å². The van der Waals surface area contributed by atoms with Gasteiger partial charge in [0.1, 0.15) is 29.9 Å². The summed E-state index contributed by atoms with van der Waals surface area (Å²) in [5.74, 6) is 2.04. The molecule has 0 saturated heterocycles. The van der Waals surface area contributed by atoms with Gasteiger partial charge in [0, 0.05) is 17.8 Å². The van der Waals surface area contributed by atoms with Gasteiger partial charge in [-0.3, -0.25) is 10.1 Å². The van der Waals surface area contributed by atoms with Crippen molar-refractivity contribution in [1.29, 1.82) is 0 Å². The van der Waals surface area contributed by atoms with E-state index >= 15 is 0 Å². The number of aromatic nitrogens is 5. The molecule has 1 aromatic carbocycles. The molecular formula is C20H18Cl2N6O2. The first-order valence-corrected chi connectivity index (χ1v) is 10.1. The lowest BCUT2D eigenvalue weighted by Crippen LogP contribution is -2.01. The molecule has 0 aliphatic rings. The van der Waals surface area contributed by atoms with Crippen molar-refractivity contribution in [2.24, 2.45) is 0 Å². The van der Waals surface area contributed by atoms with Gasteiger partial charge in [-0.15, -0.1) is 16.7 Å². The molecule has 0 atom stereocenters. The van der Waals surface area contributed by atoms with E-state index in [1.807, 2.05) is 24.3 Å². The average molecular weight is 445 g/mol. The Labute approximate surface area is 182 Å². The summed E-state index contributed by atoms with van der Waals surface area (Å²) in [5, 5.41) is 11.4. The number of rotatable bonds is 9. The predicted octanol–water partition coefficient (Wildman–Crippen LogP) is 4.73. The van der Waals surface area contributed by atoms with Gasteiger partial charge < -0.3 is 14.8 Å². The Morgan fingerprint density at radius 1 is 1.07 bits per heavy atom. The number of hydrogen-bond donors (Lipinski definition) is 2. The standard InChI is InChI=1S/C20H18Cl2N6O2/c21-7-3-9-29-20-17-18(24-12-25-19(17)27-28-20)26-13-5-6-16(15(22)10-13)30-11-14-4-1-2-8-23-14/h1-2,4-6,8,10,12H,3,7,9,11H2,(H2,24,25,26,27,28). The summed E-state index contributed by atoms with van der Waals surface area (Å²) in [7, 11) is 0. The number of benzene rings is 1. The van der Waals surface area contributed by atoms with E-state index in [0.717, 1.165) is 11.4 Å². The molecule has 0 bridgehead atoms. The minimum atomic E-state index is 0.331. The van der Waals surface area contributed by atoms with Crippen LogP contribution in [0.4, 0.5) is 11.5 Å². The molecule has 0 aliphatic carbocycles. The van der Waals surface area contributed by atoms with Crippen molar-refractivity contribution in [1.82, 2.24) is 25.1 Å². The molecule has 0 unspecified atom stereocenters. The van der Waals surface area contributed by atoms with Crippen LogP contribution in [0.3, 0.4) is 0 Å². The van der Waals surface area contributed by atoms with Crippen molar-refractivity contribution in [2.45, 2.75) is 13.0 Å². The van der Waals surface area contributed by atoms with E-state index in [-0.39, 0.29) is 0 Å². The number of alkyl halides is 1. The van der Waals surface area contributed by atoms with Crippen molar-refractivity contribution in [2.75, 3.05) is 17.8 Å². The van der Waals surface area contributed by atoms with Gasteiger partial charge in [0.05, 0.1) is 17.3 Å². The smallest absolute Gasteiger partial charge is 0.246 e. The fourth-order valence-electron chi connectivity index (χ4n) is 2.72. The topological polar surface area (TPSA) is 97.8 Å². The highest BCUT2D eigenvalue weighted by atomic mass is 35.5. The van der Waals surface area contributed by atoms with Crippen LogP contribution in [0.1, 0.15) is 12.1 Å². The van der Waals surface area contributed by atoms with E-state index in [2.05, 4.69) is 30.5 Å². The molecule has 4 rings (SSSR count). The SMILES string of the molecule is ClCCCOc1n[nH]c2ncnc(Nc3ccc(OCc4ccccn4)c(Cl)c3)c12. The Kier molecular flexibility index (Phi) is 6.46. The number of nitrogens with one attached hydrogen (secondary N) is 2. The first-order valence-electron chi connectivity index (χ1n) is 9.21. The molecule has 0 saturated carbocycles. The quantitative estimate of drug-likeness (QED) is 0.284. The van der Waals surface area contributed by atoms with Gasteiger partial charge in [-0.1, -0.05) is 17.7 Å². The van der Waals surface area contributed by atoms with Crippen LogP contribution in [0.2, 0.25) is 5.02 Å². The molecule has 0 spiro atoms. The van der Waals surface area contributed by atoms with Crippen LogP contribution in [0.25, 0.3) is 11.0 Å². The third kappa shape index (κ3) is 4.72. The van der Waals surface area contributed by atoms with Gasteiger partial charge in [0.2, 0.25) is 5.88 Å². The summed E-state index contributed by atoms with van der Waals surface area (Å²) in [6.45, 7) is 0.782. The summed E-state index contributed by atoms with van der Waals surface area (Å²) < 4.78 is 11.5. The van der Waals surface area contributed by atoms with Gasteiger partial charge in [-0.25, -0.2) is 9.97 Å². The molecule has 0 radical (unpaired) electrons. The number of aromatic amines is 1. The number of anilines is 2. The molecule has 154 valence electrons. The van der Waals surface area contributed by atoms with E-state index in [9.17, 15) is 0 Å². The van der Waals surface area contributed by atoms with Crippen LogP contribution < -0.4 is 14.8 Å². The van der Waals surface area contributed by atoms with Crippen molar-refractivity contribution in [3.63, 3.8) is 0 Å². The maximum Gasteiger partial charge on any atom is 0.246 e. The maximum atomic E-state index is 6.40. The van der Waals surface area contributed by atoms with Crippen LogP contribution in [-0.2, 0) is 6.61 Å². The first-order chi connectivity index (χ1) is 14.7. The number of pyridine rings is 1. The van der Waals surface area contributed by atoms with Gasteiger partial charge in [-0.2, -0.15) is 0 Å². The van der Waals surface area contributed by atoms with Gasteiger partial charge >= 0.3 is 0 Å². The molecular weight excluding hydrogens is 427 g/mol. The highest BCUT2D eigenvalue weighted by Gasteiger charge is 2.15. The fourth-order valence-corrected chi connectivity index (χ4v) is 3.07. The van der Waals surface area contributed by atoms with E-state index in [0.29, 0.717) is 59.0 Å². The van der Waals surface area contributed by atoms with Crippen LogP contribution in [-0.4, -0.2) is 37.6 Å². The number of nitrogens with zero attached hydrogens (tertiary/aromatic N) is 4. The number of ether oxygens (including phenoxy) is 2. The Balaban J connectivity index is 1.50. The summed E-state index contributed by atoms with van der Waals surface area (Å²) in [6, 6.07) is 11.1. The fraction of sp³-hybridized carbons (Fsp3) is 0.200. The van der Waals surface area contributed by atoms with Crippen LogP contribution in [0.15, 0.2) is 48.9 Å². The molecule has 3 aromatic heterocycles. The third-order valence-corrected chi connectivity index (χ3v) is 4.70. The molecule has 2 N–H and O–H groups in total. The van der Waals surface area contributed by atoms with Gasteiger partial charge in [-0.05, 0) is 36.8 Å². The van der Waals surface area contributed by atoms with E-state index in [1.54, 1.807) is 18.3 Å². The second-order valence-corrected chi connectivity index (χ2v) is 7.03. The summed E-state index contributed by atoms with van der Waals surface area (Å²) >= 11 is 12.1. The molecule has 0 aliphatic heterocycles. The zero-order chi connectivity index (χ0) is 20.8. The monoisotopic (exact) mass is 444 g/mol. The molecule has 10 heteroatoms. The summed E-state index contributed by atoms with van der Waals surface area (Å²) in [6.07, 6.45) is 3.87. The molecule has 4 aromatic rings. The predicted molar refractivity (Wildman–Crippen MR) is 116 cm³/mol. The number of halogens is 2. The first kappa shape index (κ1) is 20.2. The maximum absolute atomic E-state index is 6.40. The highest BCUT2D eigenvalue weighted by molar-refractivity contribution is 6.32. The minimum Gasteiger partial charge on any atom is -0.486 e. The number of hydrogen-bond acceptors (Lipinski definition) is 7. The second-order valence-electron chi connectivity index (χ2n) is 6.25. The largest absolute Gasteiger partial charge is 0.486 e. The molecule has 30 heavy (non-hydrogen) atoms. The lowest BCUT2D eigenvalue weighted by Gasteiger charge is -2.11. The van der Waals surface area contributed by atoms with Crippen molar-refractivity contribution in [3.05, 3.63) is 59.6 Å². The lowest BCUT2D eigenvalue weighted by molar-refractivity contribution is 0.301. The van der Waals surface area contributed by atoms with E-state index in [4.69, 9.17) is 32.7 Å². The molecule has 0 amide bonds. The molecule has 0 fully saturated rings. The molecule has 8 nitrogen and oxygen atoms in total. The van der Waals surface area contributed by atoms with Crippen LogP contribution >= 0.6 is 23.2 Å². The summed E-state index contributed by atoms with van der Waals surface area (Å²) in [4.78, 5) is 12.7. The zero-order valence-corrected chi connectivity index (χ0v) is 17.3.